The molecule has 0 fully saturated rings. The maximum absolute atomic E-state index is 12.3. The van der Waals surface area contributed by atoms with Crippen molar-refractivity contribution in [2.24, 2.45) is 0 Å². The number of H-pyrrole nitrogens is 1. The van der Waals surface area contributed by atoms with Crippen molar-refractivity contribution in [2.45, 2.75) is 26.2 Å². The Labute approximate surface area is 141 Å². The summed E-state index contributed by atoms with van der Waals surface area (Å²) in [6, 6.07) is 15.7. The molecule has 3 rings (SSSR count). The molecule has 0 radical (unpaired) electrons. The minimum atomic E-state index is -0.00664. The second-order valence-corrected chi connectivity index (χ2v) is 5.75. The molecule has 24 heavy (non-hydrogen) atoms. The van der Waals surface area contributed by atoms with Gasteiger partial charge in [0.15, 0.2) is 0 Å². The predicted octanol–water partition coefficient (Wildman–Crippen LogP) is 4.53. The molecule has 0 atom stereocenters. The summed E-state index contributed by atoms with van der Waals surface area (Å²) in [6.07, 6.45) is 4.05. The fourth-order valence-corrected chi connectivity index (χ4v) is 2.71. The lowest BCUT2D eigenvalue weighted by molar-refractivity contribution is -0.116. The van der Waals surface area contributed by atoms with Crippen LogP contribution in [-0.4, -0.2) is 17.5 Å². The van der Waals surface area contributed by atoms with Gasteiger partial charge in [0.25, 0.3) is 0 Å². The van der Waals surface area contributed by atoms with Gasteiger partial charge in [-0.15, -0.1) is 0 Å². The molecule has 0 saturated heterocycles. The molecule has 0 aliphatic heterocycles. The molecule has 1 amide bonds. The van der Waals surface area contributed by atoms with Crippen molar-refractivity contribution in [3.63, 3.8) is 0 Å². The van der Waals surface area contributed by atoms with Crippen LogP contribution in [0.5, 0.6) is 5.75 Å². The standard InChI is InChI=1S/C20H22N2O2/c1-2-13-24-19-10-6-5-9-18(19)22-20(23)12-11-15-14-21-17-8-4-3-7-16(15)17/h3-10,14,21H,2,11-13H2,1H3,(H,22,23). The number of aromatic amines is 1. The predicted molar refractivity (Wildman–Crippen MR) is 97.5 cm³/mol. The van der Waals surface area contributed by atoms with E-state index in [-0.39, 0.29) is 5.91 Å². The summed E-state index contributed by atoms with van der Waals surface area (Å²) in [5.41, 5.74) is 3.00. The quantitative estimate of drug-likeness (QED) is 0.671. The first-order valence-corrected chi connectivity index (χ1v) is 8.34. The highest BCUT2D eigenvalue weighted by molar-refractivity contribution is 5.93. The molecule has 1 aromatic heterocycles. The minimum absolute atomic E-state index is 0.00664. The van der Waals surface area contributed by atoms with Gasteiger partial charge < -0.3 is 15.0 Å². The zero-order valence-electron chi connectivity index (χ0n) is 13.8. The Morgan fingerprint density at radius 3 is 2.79 bits per heavy atom. The first-order valence-electron chi connectivity index (χ1n) is 8.34. The summed E-state index contributed by atoms with van der Waals surface area (Å²) >= 11 is 0. The van der Waals surface area contributed by atoms with Crippen molar-refractivity contribution < 1.29 is 9.53 Å². The number of anilines is 1. The van der Waals surface area contributed by atoms with E-state index in [1.807, 2.05) is 48.7 Å². The molecule has 124 valence electrons. The number of aryl methyl sites for hydroxylation is 1. The largest absolute Gasteiger partial charge is 0.491 e. The van der Waals surface area contributed by atoms with E-state index < -0.39 is 0 Å². The number of rotatable bonds is 7. The van der Waals surface area contributed by atoms with Crippen LogP contribution in [0.15, 0.2) is 54.7 Å². The van der Waals surface area contributed by atoms with Gasteiger partial charge >= 0.3 is 0 Å². The number of ether oxygens (including phenoxy) is 1. The number of fused-ring (bicyclic) bond motifs is 1. The molecular formula is C20H22N2O2. The molecule has 4 nitrogen and oxygen atoms in total. The van der Waals surface area contributed by atoms with Gasteiger partial charge in [0, 0.05) is 23.5 Å². The Bertz CT molecular complexity index is 823. The highest BCUT2D eigenvalue weighted by Crippen LogP contribution is 2.24. The lowest BCUT2D eigenvalue weighted by atomic mass is 10.1. The minimum Gasteiger partial charge on any atom is -0.491 e. The van der Waals surface area contributed by atoms with Gasteiger partial charge in [-0.1, -0.05) is 37.3 Å². The van der Waals surface area contributed by atoms with Crippen LogP contribution in [0.1, 0.15) is 25.3 Å². The van der Waals surface area contributed by atoms with Crippen LogP contribution in [0.3, 0.4) is 0 Å². The first-order chi connectivity index (χ1) is 11.8. The first kappa shape index (κ1) is 16.1. The smallest absolute Gasteiger partial charge is 0.224 e. The number of benzene rings is 2. The molecule has 1 heterocycles. The van der Waals surface area contributed by atoms with E-state index in [4.69, 9.17) is 4.74 Å². The summed E-state index contributed by atoms with van der Waals surface area (Å²) in [4.78, 5) is 15.5. The van der Waals surface area contributed by atoms with E-state index in [0.29, 0.717) is 19.4 Å². The van der Waals surface area contributed by atoms with Crippen LogP contribution >= 0.6 is 0 Å². The van der Waals surface area contributed by atoms with E-state index in [1.54, 1.807) is 0 Å². The SMILES string of the molecule is CCCOc1ccccc1NC(=O)CCc1c[nH]c2ccccc12. The van der Waals surface area contributed by atoms with Gasteiger partial charge in [0.05, 0.1) is 12.3 Å². The molecule has 0 aliphatic carbocycles. The number of nitrogens with one attached hydrogen (secondary N) is 2. The molecule has 2 N–H and O–H groups in total. The van der Waals surface area contributed by atoms with Crippen molar-refractivity contribution in [1.82, 2.24) is 4.98 Å². The van der Waals surface area contributed by atoms with Crippen LogP contribution in [0.4, 0.5) is 5.69 Å². The van der Waals surface area contributed by atoms with E-state index in [0.717, 1.165) is 28.9 Å². The van der Waals surface area contributed by atoms with Crippen molar-refractivity contribution in [2.75, 3.05) is 11.9 Å². The Kier molecular flexibility index (Phi) is 5.16. The average molecular weight is 322 g/mol. The van der Waals surface area contributed by atoms with E-state index in [9.17, 15) is 4.79 Å². The van der Waals surface area contributed by atoms with Crippen molar-refractivity contribution in [1.29, 1.82) is 0 Å². The highest BCUT2D eigenvalue weighted by atomic mass is 16.5. The topological polar surface area (TPSA) is 54.1 Å². The van der Waals surface area contributed by atoms with E-state index in [2.05, 4.69) is 23.3 Å². The van der Waals surface area contributed by atoms with Gasteiger partial charge in [-0.25, -0.2) is 0 Å². The number of hydrogen-bond donors (Lipinski definition) is 2. The number of carbonyl (C=O) groups excluding carboxylic acids is 1. The number of amides is 1. The van der Waals surface area contributed by atoms with E-state index >= 15 is 0 Å². The van der Waals surface area contributed by atoms with Crippen LogP contribution in [0.2, 0.25) is 0 Å². The van der Waals surface area contributed by atoms with Gasteiger partial charge in [0.2, 0.25) is 5.91 Å². The van der Waals surface area contributed by atoms with Gasteiger partial charge in [-0.3, -0.25) is 4.79 Å². The maximum atomic E-state index is 12.3. The number of aromatic nitrogens is 1. The second-order valence-electron chi connectivity index (χ2n) is 5.75. The lowest BCUT2D eigenvalue weighted by Crippen LogP contribution is -2.13. The van der Waals surface area contributed by atoms with Crippen molar-refractivity contribution in [3.05, 3.63) is 60.3 Å². The molecule has 4 heteroatoms. The van der Waals surface area contributed by atoms with E-state index in [1.165, 1.54) is 5.39 Å². The molecule has 0 aliphatic rings. The average Bonchev–Trinajstić information content (AvgIpc) is 3.02. The molecule has 0 saturated carbocycles. The second kappa shape index (κ2) is 7.68. The fraction of sp³-hybridized carbons (Fsp3) is 0.250. The molecular weight excluding hydrogens is 300 g/mol. The van der Waals surface area contributed by atoms with Crippen LogP contribution in [-0.2, 0) is 11.2 Å². The fourth-order valence-electron chi connectivity index (χ4n) is 2.71. The van der Waals surface area contributed by atoms with Crippen molar-refractivity contribution in [3.8, 4) is 5.75 Å². The number of hydrogen-bond acceptors (Lipinski definition) is 2. The van der Waals surface area contributed by atoms with Gasteiger partial charge in [-0.2, -0.15) is 0 Å². The Balaban J connectivity index is 1.62. The monoisotopic (exact) mass is 322 g/mol. The molecule has 0 spiro atoms. The Morgan fingerprint density at radius 2 is 1.92 bits per heavy atom. The number of carbonyl (C=O) groups is 1. The number of para-hydroxylation sites is 3. The summed E-state index contributed by atoms with van der Waals surface area (Å²) in [5.74, 6) is 0.715. The third-order valence-corrected chi connectivity index (χ3v) is 3.92. The molecule has 3 aromatic rings. The van der Waals surface area contributed by atoms with Crippen molar-refractivity contribution >= 4 is 22.5 Å². The lowest BCUT2D eigenvalue weighted by Gasteiger charge is -2.11. The van der Waals surface area contributed by atoms with Crippen LogP contribution in [0, 0.1) is 0 Å². The van der Waals surface area contributed by atoms with Gasteiger partial charge in [0.1, 0.15) is 5.75 Å². The Morgan fingerprint density at radius 1 is 1.12 bits per heavy atom. The normalized spacial score (nSPS) is 10.7. The molecule has 2 aromatic carbocycles. The summed E-state index contributed by atoms with van der Waals surface area (Å²) < 4.78 is 5.68. The highest BCUT2D eigenvalue weighted by Gasteiger charge is 2.09. The van der Waals surface area contributed by atoms with Crippen LogP contribution < -0.4 is 10.1 Å². The zero-order chi connectivity index (χ0) is 16.8. The third-order valence-electron chi connectivity index (χ3n) is 3.92. The summed E-state index contributed by atoms with van der Waals surface area (Å²) in [6.45, 7) is 2.70. The van der Waals surface area contributed by atoms with Gasteiger partial charge in [-0.05, 0) is 36.6 Å². The molecule has 0 unspecified atom stereocenters. The summed E-state index contributed by atoms with van der Waals surface area (Å²) in [5, 5.41) is 4.13. The third kappa shape index (κ3) is 3.77. The van der Waals surface area contributed by atoms with Crippen LogP contribution in [0.25, 0.3) is 10.9 Å². The zero-order valence-corrected chi connectivity index (χ0v) is 13.8. The Hall–Kier alpha value is -2.75. The summed E-state index contributed by atoms with van der Waals surface area (Å²) in [7, 11) is 0. The molecule has 0 bridgehead atoms. The maximum Gasteiger partial charge on any atom is 0.224 e.